The third-order valence-electron chi connectivity index (χ3n) is 9.26. The monoisotopic (exact) mass is 782 g/mol. The van der Waals surface area contributed by atoms with Crippen LogP contribution in [0.25, 0.3) is 0 Å². The summed E-state index contributed by atoms with van der Waals surface area (Å²) in [7, 11) is -4.29. The van der Waals surface area contributed by atoms with Gasteiger partial charge in [-0.25, -0.2) is 4.57 Å². The van der Waals surface area contributed by atoms with Crippen molar-refractivity contribution in [2.45, 2.75) is 200 Å². The molecule has 0 amide bonds. The van der Waals surface area contributed by atoms with Crippen LogP contribution in [-0.2, 0) is 27.9 Å². The average Bonchev–Trinajstić information content (AvgIpc) is 3.16. The quantitative estimate of drug-likeness (QED) is 0.0272. The summed E-state index contributed by atoms with van der Waals surface area (Å²) in [6, 6.07) is 0. The summed E-state index contributed by atoms with van der Waals surface area (Å²) >= 11 is 0. The van der Waals surface area contributed by atoms with Crippen LogP contribution in [0.1, 0.15) is 194 Å². The molecule has 0 aliphatic rings. The lowest BCUT2D eigenvalue weighted by Crippen LogP contribution is -2.28. The molecule has 8 nitrogen and oxygen atoms in total. The number of carbonyl (C=O) groups is 1. The van der Waals surface area contributed by atoms with E-state index in [1.54, 1.807) is 0 Å². The summed E-state index contributed by atoms with van der Waals surface area (Å²) in [5.41, 5.74) is 5.36. The second-order valence-electron chi connectivity index (χ2n) is 14.5. The molecular formula is C45H84NO7P. The van der Waals surface area contributed by atoms with Gasteiger partial charge >= 0.3 is 13.8 Å². The molecule has 0 rings (SSSR count). The maximum absolute atomic E-state index is 12.6. The van der Waals surface area contributed by atoms with Crippen LogP contribution in [-0.4, -0.2) is 49.9 Å². The van der Waals surface area contributed by atoms with Crippen molar-refractivity contribution in [1.82, 2.24) is 0 Å². The van der Waals surface area contributed by atoms with E-state index >= 15 is 0 Å². The van der Waals surface area contributed by atoms with Gasteiger partial charge in [0.05, 0.1) is 19.8 Å². The number of allylic oxidation sites excluding steroid dienone is 8. The zero-order chi connectivity index (χ0) is 39.5. The maximum atomic E-state index is 12.6. The fraction of sp³-hybridized carbons (Fsp3) is 0.800. The van der Waals surface area contributed by atoms with Crippen LogP contribution >= 0.6 is 7.82 Å². The van der Waals surface area contributed by atoms with Gasteiger partial charge in [-0.15, -0.1) is 0 Å². The Balaban J connectivity index is 4.02. The minimum atomic E-state index is -4.29. The summed E-state index contributed by atoms with van der Waals surface area (Å²) < 4.78 is 33.3. The predicted octanol–water partition coefficient (Wildman–Crippen LogP) is 13.2. The van der Waals surface area contributed by atoms with Gasteiger partial charge in [0.1, 0.15) is 6.10 Å². The number of ether oxygens (including phenoxy) is 2. The van der Waals surface area contributed by atoms with Crippen molar-refractivity contribution in [1.29, 1.82) is 0 Å². The molecule has 0 aromatic heterocycles. The van der Waals surface area contributed by atoms with Crippen molar-refractivity contribution in [2.24, 2.45) is 5.73 Å². The molecule has 2 unspecified atom stereocenters. The van der Waals surface area contributed by atoms with Crippen molar-refractivity contribution in [3.8, 4) is 0 Å². The third kappa shape index (κ3) is 41.6. The second-order valence-corrected chi connectivity index (χ2v) is 16.0. The number of hydrogen-bond donors (Lipinski definition) is 2. The topological polar surface area (TPSA) is 117 Å². The lowest BCUT2D eigenvalue weighted by Gasteiger charge is -2.20. The Morgan fingerprint density at radius 3 is 1.48 bits per heavy atom. The van der Waals surface area contributed by atoms with Gasteiger partial charge in [0.15, 0.2) is 0 Å². The highest BCUT2D eigenvalue weighted by Gasteiger charge is 2.25. The van der Waals surface area contributed by atoms with E-state index in [1.807, 2.05) is 0 Å². The number of hydrogen-bond acceptors (Lipinski definition) is 7. The first kappa shape index (κ1) is 52.5. The number of rotatable bonds is 42. The molecule has 0 saturated carbocycles. The molecule has 0 fully saturated rings. The Morgan fingerprint density at radius 2 is 1.02 bits per heavy atom. The highest BCUT2D eigenvalue weighted by atomic mass is 31.2. The zero-order valence-corrected chi connectivity index (χ0v) is 35.8. The molecule has 0 heterocycles. The molecular weight excluding hydrogens is 697 g/mol. The van der Waals surface area contributed by atoms with Gasteiger partial charge in [0, 0.05) is 19.6 Å². The fourth-order valence-electron chi connectivity index (χ4n) is 6.06. The molecule has 0 radical (unpaired) electrons. The van der Waals surface area contributed by atoms with Gasteiger partial charge in [-0.1, -0.05) is 191 Å². The molecule has 0 spiro atoms. The lowest BCUT2D eigenvalue weighted by molar-refractivity contribution is -0.154. The molecule has 0 aliphatic heterocycles. The fourth-order valence-corrected chi connectivity index (χ4v) is 6.83. The van der Waals surface area contributed by atoms with E-state index in [1.165, 1.54) is 116 Å². The van der Waals surface area contributed by atoms with Crippen molar-refractivity contribution < 1.29 is 32.8 Å². The van der Waals surface area contributed by atoms with Crippen LogP contribution in [0.4, 0.5) is 0 Å². The summed E-state index contributed by atoms with van der Waals surface area (Å²) in [6.45, 7) is 4.67. The van der Waals surface area contributed by atoms with Gasteiger partial charge in [0.2, 0.25) is 0 Å². The largest absolute Gasteiger partial charge is 0.472 e. The summed E-state index contributed by atoms with van der Waals surface area (Å²) in [6.07, 6.45) is 50.1. The Labute approximate surface area is 332 Å². The number of phosphoric acid groups is 1. The third-order valence-corrected chi connectivity index (χ3v) is 10.2. The maximum Gasteiger partial charge on any atom is 0.472 e. The van der Waals surface area contributed by atoms with Gasteiger partial charge in [-0.3, -0.25) is 13.8 Å². The van der Waals surface area contributed by atoms with Crippen molar-refractivity contribution in [3.63, 3.8) is 0 Å². The van der Waals surface area contributed by atoms with Gasteiger partial charge in [-0.05, 0) is 44.9 Å². The van der Waals surface area contributed by atoms with Gasteiger partial charge in [-0.2, -0.15) is 0 Å². The van der Waals surface area contributed by atoms with Crippen molar-refractivity contribution in [3.05, 3.63) is 48.6 Å². The van der Waals surface area contributed by atoms with E-state index in [2.05, 4.69) is 62.5 Å². The van der Waals surface area contributed by atoms with Crippen LogP contribution in [0.15, 0.2) is 48.6 Å². The van der Waals surface area contributed by atoms with Crippen LogP contribution in [0.3, 0.4) is 0 Å². The van der Waals surface area contributed by atoms with E-state index in [0.29, 0.717) is 13.0 Å². The van der Waals surface area contributed by atoms with Crippen molar-refractivity contribution in [2.75, 3.05) is 33.0 Å². The normalized spacial score (nSPS) is 13.9. The first-order valence-electron chi connectivity index (χ1n) is 22.1. The van der Waals surface area contributed by atoms with E-state index in [-0.39, 0.29) is 32.3 Å². The number of carbonyl (C=O) groups excluding carboxylic acids is 1. The van der Waals surface area contributed by atoms with Crippen LogP contribution < -0.4 is 5.73 Å². The Hall–Kier alpha value is -1.54. The summed E-state index contributed by atoms with van der Waals surface area (Å²) in [4.78, 5) is 22.5. The summed E-state index contributed by atoms with van der Waals surface area (Å²) in [5.74, 6) is -0.347. The molecule has 0 aromatic rings. The lowest BCUT2D eigenvalue weighted by atomic mass is 10.0. The SMILES string of the molecule is CC/C=C\C/C=C\C/C=C\C/C=C\CCCOCC(COP(=O)(O)OCCN)OC(=O)CCCCCCCCCCCCCCCCCCCCCCC. The molecule has 0 aliphatic carbocycles. The van der Waals surface area contributed by atoms with Crippen LogP contribution in [0, 0.1) is 0 Å². The highest BCUT2D eigenvalue weighted by molar-refractivity contribution is 7.47. The zero-order valence-electron chi connectivity index (χ0n) is 35.0. The van der Waals surface area contributed by atoms with E-state index in [0.717, 1.165) is 57.8 Å². The molecule has 316 valence electrons. The van der Waals surface area contributed by atoms with Gasteiger partial charge in [0.25, 0.3) is 0 Å². The number of nitrogens with two attached hydrogens (primary N) is 1. The first-order valence-corrected chi connectivity index (χ1v) is 23.6. The highest BCUT2D eigenvalue weighted by Crippen LogP contribution is 2.43. The van der Waals surface area contributed by atoms with Crippen LogP contribution in [0.5, 0.6) is 0 Å². The predicted molar refractivity (Wildman–Crippen MR) is 229 cm³/mol. The smallest absolute Gasteiger partial charge is 0.457 e. The summed E-state index contributed by atoms with van der Waals surface area (Å²) in [5, 5.41) is 0. The Bertz CT molecular complexity index is 968. The van der Waals surface area contributed by atoms with E-state index in [9.17, 15) is 14.3 Å². The van der Waals surface area contributed by atoms with Crippen LogP contribution in [0.2, 0.25) is 0 Å². The molecule has 9 heteroatoms. The molecule has 0 aromatic carbocycles. The minimum Gasteiger partial charge on any atom is -0.457 e. The second kappa shape index (κ2) is 42.6. The molecule has 3 N–H and O–H groups in total. The van der Waals surface area contributed by atoms with Crippen molar-refractivity contribution >= 4 is 13.8 Å². The molecule has 0 saturated heterocycles. The van der Waals surface area contributed by atoms with E-state index < -0.39 is 13.9 Å². The first-order chi connectivity index (χ1) is 26.4. The number of phosphoric ester groups is 1. The number of unbranched alkanes of at least 4 members (excludes halogenated alkanes) is 21. The number of esters is 1. The Morgan fingerprint density at radius 1 is 0.574 bits per heavy atom. The molecule has 2 atom stereocenters. The minimum absolute atomic E-state index is 0.0795. The molecule has 54 heavy (non-hydrogen) atoms. The van der Waals surface area contributed by atoms with E-state index in [4.69, 9.17) is 24.3 Å². The van der Waals surface area contributed by atoms with Gasteiger partial charge < -0.3 is 20.1 Å². The average molecular weight is 782 g/mol. The standard InChI is InChI=1S/C45H84NO7P/c1-3-5-7-9-11-13-15-17-19-20-21-22-23-24-25-26-28-30-32-34-36-38-45(47)53-44(43-52-54(48,49)51-41-39-46)42-50-40-37-35-33-31-29-27-18-16-14-12-10-8-6-4-2/h6,8,12,14,18,27,31,33,44H,3-5,7,9-11,13,15-17,19-26,28-30,32,34-43,46H2,1-2H3,(H,48,49)/b8-6-,14-12-,27-18-,33-31-. The molecule has 0 bridgehead atoms. The Kier molecular flexibility index (Phi) is 41.4.